The molecule has 0 aromatic carbocycles. The lowest BCUT2D eigenvalue weighted by molar-refractivity contribution is 0.218. The van der Waals surface area contributed by atoms with Crippen LogP contribution in [0.15, 0.2) is 10.7 Å². The fraction of sp³-hybridized carbons (Fsp3) is 0.727. The van der Waals surface area contributed by atoms with Crippen LogP contribution in [0.2, 0.25) is 0 Å². The average molecular weight is 272 g/mol. The number of rotatable bonds is 2. The van der Waals surface area contributed by atoms with Gasteiger partial charge in [0.1, 0.15) is 0 Å². The van der Waals surface area contributed by atoms with E-state index in [2.05, 4.69) is 32.6 Å². The second-order valence-electron chi connectivity index (χ2n) is 4.36. The number of nitrogens with zero attached hydrogens (tertiary/aromatic N) is 2. The van der Waals surface area contributed by atoms with E-state index < -0.39 is 0 Å². The number of nitrogens with two attached hydrogens (primary N) is 1. The third kappa shape index (κ3) is 2.19. The number of hydrogen-bond donors (Lipinski definition) is 1. The van der Waals surface area contributed by atoms with Crippen molar-refractivity contribution in [3.63, 3.8) is 0 Å². The summed E-state index contributed by atoms with van der Waals surface area (Å²) in [5.41, 5.74) is 5.76. The van der Waals surface area contributed by atoms with Crippen molar-refractivity contribution in [3.05, 3.63) is 10.7 Å². The number of anilines is 1. The summed E-state index contributed by atoms with van der Waals surface area (Å²) in [5.74, 6) is 1.38. The van der Waals surface area contributed by atoms with Gasteiger partial charge in [0.2, 0.25) is 0 Å². The van der Waals surface area contributed by atoms with E-state index >= 15 is 0 Å². The van der Waals surface area contributed by atoms with Crippen LogP contribution in [0.5, 0.6) is 0 Å². The molecule has 0 spiro atoms. The molecule has 2 rings (SSSR count). The Morgan fingerprint density at radius 3 is 2.87 bits per heavy atom. The minimum Gasteiger partial charge on any atom is -0.381 e. The van der Waals surface area contributed by atoms with Crippen molar-refractivity contribution < 1.29 is 0 Å². The maximum absolute atomic E-state index is 5.76. The molecule has 0 aliphatic heterocycles. The average Bonchev–Trinajstić information content (AvgIpc) is 2.59. The summed E-state index contributed by atoms with van der Waals surface area (Å²) >= 11 is 3.42. The predicted molar refractivity (Wildman–Crippen MR) is 65.6 cm³/mol. The lowest BCUT2D eigenvalue weighted by atomic mass is 9.83. The van der Waals surface area contributed by atoms with Gasteiger partial charge < -0.3 is 5.73 Å². The molecule has 0 bridgehead atoms. The van der Waals surface area contributed by atoms with Crippen LogP contribution in [0.25, 0.3) is 0 Å². The quantitative estimate of drug-likeness (QED) is 0.897. The molecule has 1 saturated carbocycles. The number of halogens is 1. The van der Waals surface area contributed by atoms with Crippen LogP contribution in [-0.4, -0.2) is 9.78 Å². The topological polar surface area (TPSA) is 43.8 Å². The Morgan fingerprint density at radius 1 is 1.53 bits per heavy atom. The van der Waals surface area contributed by atoms with E-state index in [1.807, 2.05) is 6.20 Å². The maximum Gasteiger partial charge on any atom is 0.159 e. The SMILES string of the molecule is CCC1CCCCC1n1cc(Br)c(N)n1. The fourth-order valence-electron chi connectivity index (χ4n) is 2.57. The van der Waals surface area contributed by atoms with E-state index in [1.165, 1.54) is 32.1 Å². The molecule has 1 fully saturated rings. The van der Waals surface area contributed by atoms with Crippen molar-refractivity contribution in [1.82, 2.24) is 9.78 Å². The van der Waals surface area contributed by atoms with E-state index in [-0.39, 0.29) is 0 Å². The predicted octanol–water partition coefficient (Wildman–Crippen LogP) is 3.37. The van der Waals surface area contributed by atoms with Crippen LogP contribution in [0.3, 0.4) is 0 Å². The largest absolute Gasteiger partial charge is 0.381 e. The van der Waals surface area contributed by atoms with Crippen LogP contribution < -0.4 is 5.73 Å². The molecule has 1 heterocycles. The number of hydrogen-bond acceptors (Lipinski definition) is 2. The zero-order chi connectivity index (χ0) is 10.8. The molecule has 1 aromatic heterocycles. The highest BCUT2D eigenvalue weighted by molar-refractivity contribution is 9.10. The van der Waals surface area contributed by atoms with E-state index in [0.717, 1.165) is 10.4 Å². The third-order valence-electron chi connectivity index (χ3n) is 3.45. The van der Waals surface area contributed by atoms with Crippen molar-refractivity contribution in [1.29, 1.82) is 0 Å². The molecule has 4 heteroatoms. The first-order chi connectivity index (χ1) is 7.22. The Kier molecular flexibility index (Phi) is 3.34. The summed E-state index contributed by atoms with van der Waals surface area (Å²) in [6, 6.07) is 0.553. The first-order valence-corrected chi connectivity index (χ1v) is 6.51. The van der Waals surface area contributed by atoms with Gasteiger partial charge in [0.05, 0.1) is 10.5 Å². The lowest BCUT2D eigenvalue weighted by Gasteiger charge is -2.30. The first kappa shape index (κ1) is 11.0. The van der Waals surface area contributed by atoms with E-state index in [1.54, 1.807) is 0 Å². The summed E-state index contributed by atoms with van der Waals surface area (Å²) in [6.45, 7) is 2.27. The minimum atomic E-state index is 0.553. The fourth-order valence-corrected chi connectivity index (χ4v) is 2.85. The van der Waals surface area contributed by atoms with Crippen molar-refractivity contribution in [3.8, 4) is 0 Å². The molecule has 0 amide bonds. The van der Waals surface area contributed by atoms with Crippen LogP contribution in [0.1, 0.15) is 45.1 Å². The van der Waals surface area contributed by atoms with Gasteiger partial charge in [-0.15, -0.1) is 0 Å². The van der Waals surface area contributed by atoms with E-state index in [0.29, 0.717) is 11.9 Å². The zero-order valence-corrected chi connectivity index (χ0v) is 10.7. The van der Waals surface area contributed by atoms with Crippen LogP contribution in [0, 0.1) is 5.92 Å². The van der Waals surface area contributed by atoms with Gasteiger partial charge in [-0.3, -0.25) is 4.68 Å². The summed E-state index contributed by atoms with van der Waals surface area (Å²) in [7, 11) is 0. The third-order valence-corrected chi connectivity index (χ3v) is 4.06. The van der Waals surface area contributed by atoms with Gasteiger partial charge in [-0.25, -0.2) is 0 Å². The summed E-state index contributed by atoms with van der Waals surface area (Å²) < 4.78 is 2.98. The monoisotopic (exact) mass is 271 g/mol. The van der Waals surface area contributed by atoms with Gasteiger partial charge in [-0.05, 0) is 34.7 Å². The zero-order valence-electron chi connectivity index (χ0n) is 9.12. The van der Waals surface area contributed by atoms with Crippen LogP contribution in [0.4, 0.5) is 5.82 Å². The molecule has 15 heavy (non-hydrogen) atoms. The molecule has 2 N–H and O–H groups in total. The van der Waals surface area contributed by atoms with Crippen molar-refractivity contribution in [2.24, 2.45) is 5.92 Å². The Balaban J connectivity index is 2.20. The van der Waals surface area contributed by atoms with Crippen molar-refractivity contribution in [2.75, 3.05) is 5.73 Å². The number of nitrogen functional groups attached to an aromatic ring is 1. The highest BCUT2D eigenvalue weighted by Crippen LogP contribution is 2.36. The Labute approximate surface area is 99.2 Å². The van der Waals surface area contributed by atoms with Gasteiger partial charge >= 0.3 is 0 Å². The molecule has 1 aliphatic carbocycles. The summed E-state index contributed by atoms with van der Waals surface area (Å²) in [4.78, 5) is 0. The Hall–Kier alpha value is -0.510. The Bertz CT molecular complexity index is 315. The number of aromatic nitrogens is 2. The summed E-state index contributed by atoms with van der Waals surface area (Å²) in [5, 5.41) is 4.38. The summed E-state index contributed by atoms with van der Waals surface area (Å²) in [6.07, 6.45) is 8.52. The molecular formula is C11H18BrN3. The molecule has 1 aromatic rings. The molecular weight excluding hydrogens is 254 g/mol. The smallest absolute Gasteiger partial charge is 0.159 e. The molecule has 0 saturated heterocycles. The van der Waals surface area contributed by atoms with Gasteiger partial charge in [-0.2, -0.15) is 5.10 Å². The minimum absolute atomic E-state index is 0.553. The Morgan fingerprint density at radius 2 is 2.27 bits per heavy atom. The lowest BCUT2D eigenvalue weighted by Crippen LogP contribution is -2.23. The van der Waals surface area contributed by atoms with Crippen molar-refractivity contribution in [2.45, 2.75) is 45.1 Å². The van der Waals surface area contributed by atoms with Gasteiger partial charge in [0, 0.05) is 6.20 Å². The second-order valence-corrected chi connectivity index (χ2v) is 5.22. The van der Waals surface area contributed by atoms with E-state index in [4.69, 9.17) is 5.73 Å². The molecule has 2 atom stereocenters. The van der Waals surface area contributed by atoms with Gasteiger partial charge in [0.15, 0.2) is 5.82 Å². The first-order valence-electron chi connectivity index (χ1n) is 5.72. The molecule has 2 unspecified atom stereocenters. The normalized spacial score (nSPS) is 26.8. The van der Waals surface area contributed by atoms with Crippen molar-refractivity contribution >= 4 is 21.7 Å². The maximum atomic E-state index is 5.76. The van der Waals surface area contributed by atoms with Crippen LogP contribution >= 0.6 is 15.9 Å². The molecule has 0 radical (unpaired) electrons. The van der Waals surface area contributed by atoms with Gasteiger partial charge in [0.25, 0.3) is 0 Å². The molecule has 1 aliphatic rings. The molecule has 84 valence electrons. The highest BCUT2D eigenvalue weighted by Gasteiger charge is 2.26. The second kappa shape index (κ2) is 4.56. The van der Waals surface area contributed by atoms with E-state index in [9.17, 15) is 0 Å². The standard InChI is InChI=1S/C11H18BrN3/c1-2-8-5-3-4-6-10(8)15-7-9(12)11(13)14-15/h7-8,10H,2-6H2,1H3,(H2,13,14). The van der Waals surface area contributed by atoms with Crippen LogP contribution in [-0.2, 0) is 0 Å². The molecule has 3 nitrogen and oxygen atoms in total. The highest BCUT2D eigenvalue weighted by atomic mass is 79.9. The van der Waals surface area contributed by atoms with Gasteiger partial charge in [-0.1, -0.05) is 26.2 Å².